The molecule has 1 saturated heterocycles. The average molecular weight is 167 g/mol. The van der Waals surface area contributed by atoms with Gasteiger partial charge in [0.1, 0.15) is 0 Å². The maximum atomic E-state index is 11.0. The van der Waals surface area contributed by atoms with Crippen molar-refractivity contribution in [1.29, 1.82) is 0 Å². The summed E-state index contributed by atoms with van der Waals surface area (Å²) >= 11 is 0. The topological polar surface area (TPSA) is 67.5 Å². The third-order valence-electron chi connectivity index (χ3n) is 2.63. The zero-order valence-corrected chi connectivity index (χ0v) is 6.92. The van der Waals surface area contributed by atoms with Gasteiger partial charge in [-0.1, -0.05) is 0 Å². The first-order valence-corrected chi connectivity index (χ1v) is 4.35. The van der Waals surface area contributed by atoms with E-state index in [1.807, 2.05) is 0 Å². The second-order valence-electron chi connectivity index (χ2n) is 3.35. The minimum atomic E-state index is -0.193. The third kappa shape index (κ3) is 1.12. The van der Waals surface area contributed by atoms with E-state index < -0.39 is 0 Å². The van der Waals surface area contributed by atoms with E-state index in [4.69, 9.17) is 5.73 Å². The highest BCUT2D eigenvalue weighted by molar-refractivity contribution is 5.96. The van der Waals surface area contributed by atoms with Crippen molar-refractivity contribution >= 4 is 11.6 Å². The van der Waals surface area contributed by atoms with Crippen molar-refractivity contribution in [1.82, 2.24) is 5.32 Å². The second kappa shape index (κ2) is 2.86. The number of nitrogens with two attached hydrogens (primary N) is 1. The lowest BCUT2D eigenvalue weighted by Gasteiger charge is -2.24. The van der Waals surface area contributed by atoms with Crippen LogP contribution in [-0.2, 0) is 4.79 Å². The summed E-state index contributed by atoms with van der Waals surface area (Å²) < 4.78 is 0. The van der Waals surface area contributed by atoms with Gasteiger partial charge in [-0.25, -0.2) is 0 Å². The van der Waals surface area contributed by atoms with E-state index in [1.54, 1.807) is 0 Å². The molecular weight excluding hydrogens is 154 g/mol. The van der Waals surface area contributed by atoms with E-state index in [-0.39, 0.29) is 17.9 Å². The van der Waals surface area contributed by atoms with Crippen LogP contribution in [0.3, 0.4) is 0 Å². The predicted molar refractivity (Wildman–Crippen MR) is 46.0 cm³/mol. The molecule has 3 N–H and O–H groups in total. The molecule has 2 atom stereocenters. The van der Waals surface area contributed by atoms with Crippen LogP contribution in [0.5, 0.6) is 0 Å². The third-order valence-corrected chi connectivity index (χ3v) is 2.63. The van der Waals surface area contributed by atoms with E-state index in [2.05, 4.69) is 10.3 Å². The van der Waals surface area contributed by atoms with E-state index in [0.717, 1.165) is 31.6 Å². The number of aliphatic imine (C=N–C) groups is 1. The molecule has 12 heavy (non-hydrogen) atoms. The summed E-state index contributed by atoms with van der Waals surface area (Å²) in [5.41, 5.74) is 6.43. The molecule has 66 valence electrons. The minimum absolute atomic E-state index is 0.0278. The molecule has 2 aliphatic heterocycles. The van der Waals surface area contributed by atoms with Crippen molar-refractivity contribution in [2.75, 3.05) is 13.1 Å². The van der Waals surface area contributed by atoms with Gasteiger partial charge in [0.05, 0.1) is 12.0 Å². The Labute approximate surface area is 71.2 Å². The zero-order chi connectivity index (χ0) is 8.55. The smallest absolute Gasteiger partial charge is 0.222 e. The number of carbonyl (C=O) groups excluding carboxylic acids is 1. The fraction of sp³-hybridized carbons (Fsp3) is 0.750. The first kappa shape index (κ1) is 7.73. The first-order chi connectivity index (χ1) is 5.79. The Bertz CT molecular complexity index is 236. The van der Waals surface area contributed by atoms with Crippen LogP contribution in [-0.4, -0.2) is 30.8 Å². The highest BCUT2D eigenvalue weighted by atomic mass is 16.1. The Hall–Kier alpha value is -0.900. The summed E-state index contributed by atoms with van der Waals surface area (Å²) in [5, 5.41) is 3.26. The summed E-state index contributed by atoms with van der Waals surface area (Å²) in [6.07, 6.45) is 1.78. The number of carbonyl (C=O) groups is 1. The van der Waals surface area contributed by atoms with E-state index in [0.29, 0.717) is 0 Å². The Morgan fingerprint density at radius 2 is 2.50 bits per heavy atom. The van der Waals surface area contributed by atoms with Gasteiger partial charge in [0.25, 0.3) is 0 Å². The van der Waals surface area contributed by atoms with Crippen LogP contribution in [0.2, 0.25) is 0 Å². The molecule has 2 unspecified atom stereocenters. The lowest BCUT2D eigenvalue weighted by Crippen LogP contribution is -2.45. The highest BCUT2D eigenvalue weighted by Crippen LogP contribution is 2.20. The highest BCUT2D eigenvalue weighted by Gasteiger charge is 2.35. The van der Waals surface area contributed by atoms with Gasteiger partial charge in [0.15, 0.2) is 0 Å². The molecule has 4 heteroatoms. The van der Waals surface area contributed by atoms with Crippen molar-refractivity contribution in [2.45, 2.75) is 18.9 Å². The van der Waals surface area contributed by atoms with E-state index in [1.165, 1.54) is 0 Å². The van der Waals surface area contributed by atoms with Crippen LogP contribution in [0.25, 0.3) is 0 Å². The van der Waals surface area contributed by atoms with E-state index >= 15 is 0 Å². The lowest BCUT2D eigenvalue weighted by molar-refractivity contribution is -0.122. The maximum Gasteiger partial charge on any atom is 0.222 e. The molecule has 0 aromatic heterocycles. The number of nitrogens with zero attached hydrogens (tertiary/aromatic N) is 1. The normalized spacial score (nSPS) is 34.2. The Morgan fingerprint density at radius 1 is 1.67 bits per heavy atom. The monoisotopic (exact) mass is 167 g/mol. The number of hydrogen-bond donors (Lipinski definition) is 2. The molecule has 0 aromatic rings. The van der Waals surface area contributed by atoms with Crippen LogP contribution in [0, 0.1) is 5.92 Å². The molecule has 2 aliphatic rings. The first-order valence-electron chi connectivity index (χ1n) is 4.35. The maximum absolute atomic E-state index is 11.0. The lowest BCUT2D eigenvalue weighted by atomic mass is 9.90. The van der Waals surface area contributed by atoms with Crippen LogP contribution in [0.4, 0.5) is 0 Å². The Balaban J connectivity index is 2.19. The second-order valence-corrected chi connectivity index (χ2v) is 3.35. The van der Waals surface area contributed by atoms with Gasteiger partial charge in [-0.3, -0.25) is 9.79 Å². The Morgan fingerprint density at radius 3 is 3.25 bits per heavy atom. The molecule has 4 nitrogen and oxygen atoms in total. The summed E-state index contributed by atoms with van der Waals surface area (Å²) in [7, 11) is 0. The number of hydrogen-bond acceptors (Lipinski definition) is 3. The SMILES string of the molecule is NC(=O)C1CCN=C2CCNC21. The fourth-order valence-corrected chi connectivity index (χ4v) is 2.00. The van der Waals surface area contributed by atoms with Gasteiger partial charge in [-0.15, -0.1) is 0 Å². The van der Waals surface area contributed by atoms with E-state index in [9.17, 15) is 4.79 Å². The summed E-state index contributed by atoms with van der Waals surface area (Å²) in [4.78, 5) is 15.4. The standard InChI is InChI=1S/C8H13N3O/c9-8(12)5-1-3-10-6-2-4-11-7(5)6/h5,7,11H,1-4H2,(H2,9,12). The minimum Gasteiger partial charge on any atom is -0.369 e. The molecule has 2 rings (SSSR count). The van der Waals surface area contributed by atoms with Gasteiger partial charge >= 0.3 is 0 Å². The van der Waals surface area contributed by atoms with Crippen LogP contribution < -0.4 is 11.1 Å². The number of amides is 1. The molecule has 0 aliphatic carbocycles. The fourth-order valence-electron chi connectivity index (χ4n) is 2.00. The molecule has 1 fully saturated rings. The van der Waals surface area contributed by atoms with Crippen LogP contribution in [0.15, 0.2) is 4.99 Å². The van der Waals surface area contributed by atoms with Crippen molar-refractivity contribution in [3.63, 3.8) is 0 Å². The quantitative estimate of drug-likeness (QED) is 0.542. The zero-order valence-electron chi connectivity index (χ0n) is 6.92. The summed E-state index contributed by atoms with van der Waals surface area (Å²) in [5.74, 6) is -0.221. The number of rotatable bonds is 1. The summed E-state index contributed by atoms with van der Waals surface area (Å²) in [6.45, 7) is 1.70. The molecule has 2 heterocycles. The van der Waals surface area contributed by atoms with Gasteiger partial charge in [0, 0.05) is 18.8 Å². The van der Waals surface area contributed by atoms with Gasteiger partial charge in [0.2, 0.25) is 5.91 Å². The molecule has 0 aromatic carbocycles. The average Bonchev–Trinajstić information content (AvgIpc) is 2.49. The van der Waals surface area contributed by atoms with Crippen molar-refractivity contribution in [3.05, 3.63) is 0 Å². The van der Waals surface area contributed by atoms with Crippen LogP contribution in [0.1, 0.15) is 12.8 Å². The predicted octanol–water partition coefficient (Wildman–Crippen LogP) is -0.706. The largest absolute Gasteiger partial charge is 0.369 e. The molecule has 0 spiro atoms. The Kier molecular flexibility index (Phi) is 1.84. The number of primary amides is 1. The van der Waals surface area contributed by atoms with Gasteiger partial charge < -0.3 is 11.1 Å². The molecule has 0 saturated carbocycles. The molecular formula is C8H13N3O. The molecule has 0 bridgehead atoms. The van der Waals surface area contributed by atoms with Gasteiger partial charge in [-0.2, -0.15) is 0 Å². The number of fused-ring (bicyclic) bond motifs is 1. The summed E-state index contributed by atoms with van der Waals surface area (Å²) in [6, 6.07) is 0.149. The number of nitrogens with one attached hydrogen (secondary N) is 1. The van der Waals surface area contributed by atoms with Crippen molar-refractivity contribution < 1.29 is 4.79 Å². The van der Waals surface area contributed by atoms with Crippen molar-refractivity contribution in [3.8, 4) is 0 Å². The van der Waals surface area contributed by atoms with Crippen LogP contribution >= 0.6 is 0 Å². The van der Waals surface area contributed by atoms with Crippen molar-refractivity contribution in [2.24, 2.45) is 16.6 Å². The molecule has 0 radical (unpaired) electrons. The molecule has 1 amide bonds. The van der Waals surface area contributed by atoms with Gasteiger partial charge in [-0.05, 0) is 12.8 Å².